The Hall–Kier alpha value is -1.42. The van der Waals surface area contributed by atoms with Gasteiger partial charge in [0, 0.05) is 24.5 Å². The quantitative estimate of drug-likeness (QED) is 0.441. The van der Waals surface area contributed by atoms with Crippen LogP contribution in [-0.2, 0) is 21.3 Å². The van der Waals surface area contributed by atoms with Gasteiger partial charge in [-0.25, -0.2) is 13.4 Å². The van der Waals surface area contributed by atoms with E-state index >= 15 is 0 Å². The molecule has 1 aromatic rings. The number of nitrogens with two attached hydrogens (primary N) is 1. The van der Waals surface area contributed by atoms with E-state index < -0.39 is 10.0 Å². The van der Waals surface area contributed by atoms with Crippen molar-refractivity contribution in [2.24, 2.45) is 10.7 Å². The molecule has 2 rings (SSSR count). The molecule has 1 aromatic heterocycles. The van der Waals surface area contributed by atoms with Crippen LogP contribution in [0.4, 0.5) is 0 Å². The van der Waals surface area contributed by atoms with E-state index in [1.54, 1.807) is 18.2 Å². The van der Waals surface area contributed by atoms with Crippen molar-refractivity contribution in [3.8, 4) is 0 Å². The van der Waals surface area contributed by atoms with Gasteiger partial charge in [0.25, 0.3) is 10.0 Å². The Morgan fingerprint density at radius 2 is 2.23 bits per heavy atom. The summed E-state index contributed by atoms with van der Waals surface area (Å²) in [7, 11) is -3.43. The summed E-state index contributed by atoms with van der Waals surface area (Å²) in [4.78, 5) is 5.00. The molecule has 7 nitrogen and oxygen atoms in total. The first-order chi connectivity index (χ1) is 10.5. The maximum atomic E-state index is 12.5. The number of hydrogen-bond acceptors (Lipinski definition) is 5. The molecule has 9 heteroatoms. The fourth-order valence-electron chi connectivity index (χ4n) is 1.89. The molecule has 0 spiro atoms. The lowest BCUT2D eigenvalue weighted by Gasteiger charge is -2.25. The van der Waals surface area contributed by atoms with Crippen LogP contribution in [0.15, 0.2) is 34.0 Å². The van der Waals surface area contributed by atoms with Crippen LogP contribution in [0.3, 0.4) is 0 Å². The average Bonchev–Trinajstić information content (AvgIpc) is 3.01. The molecule has 0 saturated carbocycles. The number of morpholine rings is 1. The van der Waals surface area contributed by atoms with Crippen LogP contribution < -0.4 is 11.1 Å². The standard InChI is InChI=1S/C13H20N4O3S2/c1-2-5-15-13(14)16-10-11-3-4-12(21-11)22(18,19)17-6-8-20-9-7-17/h2-4H,1,5-10H2,(H3,14,15,16). The number of hydrogen-bond donors (Lipinski definition) is 2. The second kappa shape index (κ2) is 7.73. The highest BCUT2D eigenvalue weighted by atomic mass is 32.2. The van der Waals surface area contributed by atoms with Crippen molar-refractivity contribution in [3.05, 3.63) is 29.7 Å². The second-order valence-electron chi connectivity index (χ2n) is 4.61. The van der Waals surface area contributed by atoms with E-state index in [4.69, 9.17) is 10.5 Å². The molecule has 1 aliphatic heterocycles. The lowest BCUT2D eigenvalue weighted by atomic mass is 10.5. The van der Waals surface area contributed by atoms with E-state index in [9.17, 15) is 8.42 Å². The fourth-order valence-corrected chi connectivity index (χ4v) is 4.73. The van der Waals surface area contributed by atoms with Gasteiger partial charge in [-0.1, -0.05) is 6.08 Å². The molecule has 1 saturated heterocycles. The van der Waals surface area contributed by atoms with Gasteiger partial charge >= 0.3 is 0 Å². The van der Waals surface area contributed by atoms with Crippen molar-refractivity contribution in [1.82, 2.24) is 9.62 Å². The molecule has 3 N–H and O–H groups in total. The van der Waals surface area contributed by atoms with Crippen LogP contribution in [0.1, 0.15) is 4.88 Å². The number of aliphatic imine (C=N–C) groups is 1. The smallest absolute Gasteiger partial charge is 0.252 e. The van der Waals surface area contributed by atoms with E-state index in [1.807, 2.05) is 0 Å². The van der Waals surface area contributed by atoms with Gasteiger partial charge in [0.15, 0.2) is 5.96 Å². The van der Waals surface area contributed by atoms with E-state index in [2.05, 4.69) is 16.9 Å². The molecule has 1 fully saturated rings. The van der Waals surface area contributed by atoms with Crippen molar-refractivity contribution >= 4 is 27.3 Å². The van der Waals surface area contributed by atoms with Gasteiger partial charge < -0.3 is 15.8 Å². The highest BCUT2D eigenvalue weighted by molar-refractivity contribution is 7.91. The topological polar surface area (TPSA) is 97.0 Å². The zero-order valence-electron chi connectivity index (χ0n) is 12.2. The summed E-state index contributed by atoms with van der Waals surface area (Å²) in [5.41, 5.74) is 5.67. The summed E-state index contributed by atoms with van der Waals surface area (Å²) in [6.07, 6.45) is 1.68. The molecule has 0 atom stereocenters. The van der Waals surface area contributed by atoms with E-state index in [-0.39, 0.29) is 0 Å². The van der Waals surface area contributed by atoms with Crippen LogP contribution in [0, 0.1) is 0 Å². The first kappa shape index (κ1) is 16.9. The third kappa shape index (κ3) is 4.29. The number of nitrogens with zero attached hydrogens (tertiary/aromatic N) is 2. The Morgan fingerprint density at radius 1 is 1.50 bits per heavy atom. The minimum atomic E-state index is -3.43. The average molecular weight is 344 g/mol. The largest absolute Gasteiger partial charge is 0.379 e. The molecule has 22 heavy (non-hydrogen) atoms. The SMILES string of the molecule is C=CCNC(N)=NCc1ccc(S(=O)(=O)N2CCOCC2)s1. The highest BCUT2D eigenvalue weighted by Crippen LogP contribution is 2.25. The molecule has 0 unspecified atom stereocenters. The Kier molecular flexibility index (Phi) is 5.95. The molecule has 0 aliphatic carbocycles. The first-order valence-corrected chi connectivity index (χ1v) is 9.11. The van der Waals surface area contributed by atoms with Gasteiger partial charge in [-0.2, -0.15) is 4.31 Å². The Labute approximate surface area is 134 Å². The predicted molar refractivity (Wildman–Crippen MR) is 87.4 cm³/mol. The molecule has 0 radical (unpaired) electrons. The summed E-state index contributed by atoms with van der Waals surface area (Å²) in [5.74, 6) is 0.311. The van der Waals surface area contributed by atoms with Gasteiger partial charge in [0.1, 0.15) is 4.21 Å². The van der Waals surface area contributed by atoms with Gasteiger partial charge in [0.05, 0.1) is 19.8 Å². The Balaban J connectivity index is 2.02. The monoisotopic (exact) mass is 344 g/mol. The number of guanidine groups is 1. The third-order valence-electron chi connectivity index (χ3n) is 3.03. The van der Waals surface area contributed by atoms with Gasteiger partial charge in [-0.05, 0) is 12.1 Å². The molecular weight excluding hydrogens is 324 g/mol. The molecule has 2 heterocycles. The van der Waals surface area contributed by atoms with Crippen LogP contribution in [0.2, 0.25) is 0 Å². The van der Waals surface area contributed by atoms with E-state index in [0.29, 0.717) is 49.6 Å². The minimum absolute atomic E-state index is 0.311. The summed E-state index contributed by atoms with van der Waals surface area (Å²) < 4.78 is 31.9. The van der Waals surface area contributed by atoms with E-state index in [0.717, 1.165) is 4.88 Å². The maximum absolute atomic E-state index is 12.5. The molecule has 0 bridgehead atoms. The minimum Gasteiger partial charge on any atom is -0.379 e. The number of nitrogens with one attached hydrogen (secondary N) is 1. The van der Waals surface area contributed by atoms with Gasteiger partial charge in [0.2, 0.25) is 0 Å². The Bertz CT molecular complexity index is 633. The summed E-state index contributed by atoms with van der Waals surface area (Å²) in [6, 6.07) is 3.38. The number of sulfonamides is 1. The molecular formula is C13H20N4O3S2. The van der Waals surface area contributed by atoms with Crippen LogP contribution in [-0.4, -0.2) is 51.5 Å². The first-order valence-electron chi connectivity index (χ1n) is 6.85. The zero-order valence-corrected chi connectivity index (χ0v) is 13.8. The summed E-state index contributed by atoms with van der Waals surface area (Å²) in [5, 5.41) is 2.87. The number of thiophene rings is 1. The zero-order chi connectivity index (χ0) is 16.0. The summed E-state index contributed by atoms with van der Waals surface area (Å²) >= 11 is 1.22. The molecule has 122 valence electrons. The molecule has 1 aliphatic rings. The third-order valence-corrected chi connectivity index (χ3v) is 6.47. The van der Waals surface area contributed by atoms with Gasteiger partial charge in [-0.15, -0.1) is 17.9 Å². The van der Waals surface area contributed by atoms with Gasteiger partial charge in [-0.3, -0.25) is 0 Å². The van der Waals surface area contributed by atoms with E-state index in [1.165, 1.54) is 15.6 Å². The fraction of sp³-hybridized carbons (Fsp3) is 0.462. The van der Waals surface area contributed by atoms with Crippen molar-refractivity contribution in [1.29, 1.82) is 0 Å². The van der Waals surface area contributed by atoms with Crippen LogP contribution >= 0.6 is 11.3 Å². The van der Waals surface area contributed by atoms with Crippen molar-refractivity contribution < 1.29 is 13.2 Å². The van der Waals surface area contributed by atoms with Crippen molar-refractivity contribution in [2.45, 2.75) is 10.8 Å². The number of ether oxygens (including phenoxy) is 1. The second-order valence-corrected chi connectivity index (χ2v) is 7.94. The van der Waals surface area contributed by atoms with Crippen LogP contribution in [0.25, 0.3) is 0 Å². The molecule has 0 amide bonds. The number of rotatable bonds is 6. The van der Waals surface area contributed by atoms with Crippen molar-refractivity contribution in [3.63, 3.8) is 0 Å². The highest BCUT2D eigenvalue weighted by Gasteiger charge is 2.27. The summed E-state index contributed by atoms with van der Waals surface area (Å²) in [6.45, 7) is 6.12. The maximum Gasteiger partial charge on any atom is 0.252 e. The lowest BCUT2D eigenvalue weighted by Crippen LogP contribution is -2.40. The molecule has 0 aromatic carbocycles. The Morgan fingerprint density at radius 3 is 2.91 bits per heavy atom. The normalized spacial score (nSPS) is 17.4. The van der Waals surface area contributed by atoms with Crippen LogP contribution in [0.5, 0.6) is 0 Å². The lowest BCUT2D eigenvalue weighted by molar-refractivity contribution is 0.0731. The predicted octanol–water partition coefficient (Wildman–Crippen LogP) is 0.359. The van der Waals surface area contributed by atoms with Crippen molar-refractivity contribution in [2.75, 3.05) is 32.8 Å².